The van der Waals surface area contributed by atoms with Gasteiger partial charge in [-0.1, -0.05) is 85.0 Å². The molecule has 0 N–H and O–H groups in total. The van der Waals surface area contributed by atoms with E-state index in [9.17, 15) is 0 Å². The van der Waals surface area contributed by atoms with Crippen LogP contribution in [0, 0.1) is 0 Å². The number of rotatable bonds is 0. The van der Waals surface area contributed by atoms with Gasteiger partial charge in [-0.05, 0) is 38.5 Å². The smallest absolute Gasteiger partial charge is 0.0671 e. The Bertz CT molecular complexity index is 455. The van der Waals surface area contributed by atoms with E-state index < -0.39 is 0 Å². The molecule has 160 valence electrons. The van der Waals surface area contributed by atoms with Gasteiger partial charge < -0.3 is 9.47 Å². The lowest BCUT2D eigenvalue weighted by Gasteiger charge is -2.58. The third-order valence-corrected chi connectivity index (χ3v) is 12.7. The molecule has 3 aliphatic carbocycles. The third-order valence-electron chi connectivity index (χ3n) is 8.63. The van der Waals surface area contributed by atoms with Gasteiger partial charge in [0.15, 0.2) is 0 Å². The van der Waals surface area contributed by atoms with Crippen molar-refractivity contribution >= 4 is 7.92 Å². The molecule has 0 aromatic heterocycles. The van der Waals surface area contributed by atoms with Crippen molar-refractivity contribution in [2.75, 3.05) is 0 Å². The van der Waals surface area contributed by atoms with E-state index in [2.05, 4.69) is 0 Å². The van der Waals surface area contributed by atoms with Crippen LogP contribution in [0.1, 0.15) is 116 Å². The third kappa shape index (κ3) is 4.22. The van der Waals surface area contributed by atoms with Crippen LogP contribution in [0.25, 0.3) is 0 Å². The monoisotopic (exact) mass is 406 g/mol. The van der Waals surface area contributed by atoms with Crippen LogP contribution in [0.2, 0.25) is 0 Å². The van der Waals surface area contributed by atoms with Gasteiger partial charge in [-0.15, -0.1) is 0 Å². The molecule has 5 fully saturated rings. The molecule has 3 saturated carbocycles. The maximum atomic E-state index is 7.03. The molecule has 2 aliphatic heterocycles. The molecule has 0 bridgehead atoms. The Labute approximate surface area is 174 Å². The fourth-order valence-electron chi connectivity index (χ4n) is 7.30. The van der Waals surface area contributed by atoms with E-state index in [1.54, 1.807) is 0 Å². The average Bonchev–Trinajstić information content (AvgIpc) is 2.75. The summed E-state index contributed by atoms with van der Waals surface area (Å²) in [6.07, 6.45) is 27.7. The van der Waals surface area contributed by atoms with Crippen LogP contribution < -0.4 is 0 Å². The number of fused-ring (bicyclic) bond motifs is 4. The van der Waals surface area contributed by atoms with Gasteiger partial charge >= 0.3 is 0 Å². The van der Waals surface area contributed by atoms with Crippen molar-refractivity contribution in [3.63, 3.8) is 0 Å². The molecule has 3 heteroatoms. The fourth-order valence-corrected chi connectivity index (χ4v) is 12.1. The predicted molar refractivity (Wildman–Crippen MR) is 119 cm³/mol. The molecule has 0 amide bonds. The Hall–Kier alpha value is 0.350. The van der Waals surface area contributed by atoms with Gasteiger partial charge in [-0.25, -0.2) is 0 Å². The number of hydrogen-bond donors (Lipinski definition) is 0. The molecule has 0 aromatic carbocycles. The summed E-state index contributed by atoms with van der Waals surface area (Å²) in [5.74, 6) is 0. The molecule has 2 saturated heterocycles. The van der Waals surface area contributed by atoms with Crippen LogP contribution in [0.3, 0.4) is 0 Å². The van der Waals surface area contributed by atoms with Crippen molar-refractivity contribution in [2.45, 2.75) is 157 Å². The minimum absolute atomic E-state index is 0.0572. The van der Waals surface area contributed by atoms with Gasteiger partial charge in [0.2, 0.25) is 0 Å². The Morgan fingerprint density at radius 3 is 1.18 bits per heavy atom. The van der Waals surface area contributed by atoms with Crippen LogP contribution in [0.15, 0.2) is 0 Å². The Balaban J connectivity index is 1.49. The first kappa shape index (κ1) is 20.3. The first-order valence-electron chi connectivity index (χ1n) is 13.0. The van der Waals surface area contributed by atoms with Gasteiger partial charge in [0, 0.05) is 17.0 Å². The molecule has 2 nitrogen and oxygen atoms in total. The lowest BCUT2D eigenvalue weighted by Crippen LogP contribution is -2.58. The zero-order chi connectivity index (χ0) is 18.8. The SMILES string of the molecule is C1CCCC2C(CC1)OC1CCCCCCC3OC4CCCCCCC4P2C13. The Morgan fingerprint density at radius 2 is 0.750 bits per heavy atom. The summed E-state index contributed by atoms with van der Waals surface area (Å²) in [6.45, 7) is 0. The Kier molecular flexibility index (Phi) is 6.99. The van der Waals surface area contributed by atoms with Crippen LogP contribution in [-0.2, 0) is 9.47 Å². The maximum absolute atomic E-state index is 7.03. The zero-order valence-electron chi connectivity index (χ0n) is 18.0. The van der Waals surface area contributed by atoms with Gasteiger partial charge in [0.25, 0.3) is 0 Å². The van der Waals surface area contributed by atoms with E-state index in [4.69, 9.17) is 9.47 Å². The number of hydrogen-bond acceptors (Lipinski definition) is 2. The Morgan fingerprint density at radius 1 is 0.393 bits per heavy atom. The molecule has 28 heavy (non-hydrogen) atoms. The molecule has 6 unspecified atom stereocenters. The summed E-state index contributed by atoms with van der Waals surface area (Å²) in [5.41, 5.74) is 2.57. The molecule has 0 radical (unpaired) electrons. The highest BCUT2D eigenvalue weighted by molar-refractivity contribution is 7.60. The van der Waals surface area contributed by atoms with E-state index in [0.29, 0.717) is 24.4 Å². The average molecular weight is 407 g/mol. The second-order valence-corrected chi connectivity index (χ2v) is 13.3. The van der Waals surface area contributed by atoms with Gasteiger partial charge in [0.05, 0.1) is 24.4 Å². The molecule has 5 aliphatic rings. The summed E-state index contributed by atoms with van der Waals surface area (Å²) in [6, 6.07) is 0. The summed E-state index contributed by atoms with van der Waals surface area (Å²) in [4.78, 5) is 0. The standard InChI is InChI=1S/C25H43O2P/c1-2-10-16-22-25-21(15-9-1)26-19-13-7-3-5-11-17-23(19)28(25)24-18-12-6-4-8-14-20(24)27-22/h19-25H,1-18H2. The second-order valence-electron chi connectivity index (χ2n) is 10.5. The van der Waals surface area contributed by atoms with Crippen LogP contribution in [0.4, 0.5) is 0 Å². The summed E-state index contributed by atoms with van der Waals surface area (Å²) < 4.78 is 14.1. The van der Waals surface area contributed by atoms with Gasteiger partial charge in [-0.3, -0.25) is 0 Å². The highest BCUT2D eigenvalue weighted by Gasteiger charge is 2.55. The lowest BCUT2D eigenvalue weighted by atomic mass is 9.94. The molecule has 5 rings (SSSR count). The van der Waals surface area contributed by atoms with E-state index in [-0.39, 0.29) is 7.92 Å². The normalized spacial score (nSPS) is 48.0. The van der Waals surface area contributed by atoms with Crippen LogP contribution in [-0.4, -0.2) is 41.4 Å². The number of ether oxygens (including phenoxy) is 2. The van der Waals surface area contributed by atoms with Crippen molar-refractivity contribution in [3.05, 3.63) is 0 Å². The van der Waals surface area contributed by atoms with E-state index in [1.807, 2.05) is 0 Å². The quantitative estimate of drug-likeness (QED) is 0.397. The first-order valence-corrected chi connectivity index (χ1v) is 14.5. The lowest BCUT2D eigenvalue weighted by molar-refractivity contribution is -0.0995. The molecular formula is C25H43O2P. The van der Waals surface area contributed by atoms with Crippen molar-refractivity contribution < 1.29 is 9.47 Å². The van der Waals surface area contributed by atoms with Crippen molar-refractivity contribution in [1.82, 2.24) is 0 Å². The summed E-state index contributed by atoms with van der Waals surface area (Å²) in [5, 5.41) is 0. The maximum Gasteiger partial charge on any atom is 0.0671 e. The second kappa shape index (κ2) is 9.65. The summed E-state index contributed by atoms with van der Waals surface area (Å²) in [7, 11) is 0.0572. The predicted octanol–water partition coefficient (Wildman–Crippen LogP) is 7.17. The van der Waals surface area contributed by atoms with Crippen LogP contribution >= 0.6 is 7.92 Å². The molecule has 0 spiro atoms. The highest BCUT2D eigenvalue weighted by Crippen LogP contribution is 2.66. The molecular weight excluding hydrogens is 363 g/mol. The minimum Gasteiger partial charge on any atom is -0.374 e. The first-order chi connectivity index (χ1) is 13.9. The molecule has 6 atom stereocenters. The highest BCUT2D eigenvalue weighted by atomic mass is 31.1. The summed E-state index contributed by atoms with van der Waals surface area (Å²) >= 11 is 0. The van der Waals surface area contributed by atoms with E-state index >= 15 is 0 Å². The largest absolute Gasteiger partial charge is 0.374 e. The van der Waals surface area contributed by atoms with E-state index in [0.717, 1.165) is 17.0 Å². The van der Waals surface area contributed by atoms with Gasteiger partial charge in [-0.2, -0.15) is 0 Å². The van der Waals surface area contributed by atoms with Crippen molar-refractivity contribution in [1.29, 1.82) is 0 Å². The van der Waals surface area contributed by atoms with Crippen molar-refractivity contribution in [3.8, 4) is 0 Å². The van der Waals surface area contributed by atoms with Crippen molar-refractivity contribution in [2.24, 2.45) is 0 Å². The van der Waals surface area contributed by atoms with Gasteiger partial charge in [0.1, 0.15) is 0 Å². The van der Waals surface area contributed by atoms with Crippen LogP contribution in [0.5, 0.6) is 0 Å². The fraction of sp³-hybridized carbons (Fsp3) is 1.00. The zero-order valence-corrected chi connectivity index (χ0v) is 18.9. The minimum atomic E-state index is 0.0572. The van der Waals surface area contributed by atoms with E-state index in [1.165, 1.54) is 116 Å². The topological polar surface area (TPSA) is 18.5 Å². The molecule has 0 aromatic rings. The molecule has 2 heterocycles.